The lowest BCUT2D eigenvalue weighted by Gasteiger charge is -2.07. The molecule has 1 amide bonds. The fourth-order valence-electron chi connectivity index (χ4n) is 1.81. The van der Waals surface area contributed by atoms with Gasteiger partial charge in [0.1, 0.15) is 0 Å². The Morgan fingerprint density at radius 3 is 2.79 bits per heavy atom. The van der Waals surface area contributed by atoms with Gasteiger partial charge in [-0.05, 0) is 18.2 Å². The molecule has 0 spiro atoms. The quantitative estimate of drug-likeness (QED) is 0.704. The monoisotopic (exact) mass is 253 g/mol. The molecule has 2 N–H and O–H groups in total. The van der Waals surface area contributed by atoms with E-state index in [-0.39, 0.29) is 5.91 Å². The van der Waals surface area contributed by atoms with Crippen molar-refractivity contribution >= 4 is 16.8 Å². The van der Waals surface area contributed by atoms with Crippen LogP contribution in [0.4, 0.5) is 0 Å². The first-order valence-electron chi connectivity index (χ1n) is 5.79. The molecular weight excluding hydrogens is 242 g/mol. The van der Waals surface area contributed by atoms with Crippen LogP contribution in [0.2, 0.25) is 0 Å². The minimum absolute atomic E-state index is 0.321. The molecule has 0 aliphatic rings. The van der Waals surface area contributed by atoms with Gasteiger partial charge in [0.05, 0.1) is 17.3 Å². The number of nitrogens with zero attached hydrogens (tertiary/aromatic N) is 1. The molecule has 0 bridgehead atoms. The summed E-state index contributed by atoms with van der Waals surface area (Å²) in [6.45, 7) is 0. The number of amides is 1. The molecule has 1 aromatic heterocycles. The highest BCUT2D eigenvalue weighted by atomic mass is 16.7. The Kier molecular flexibility index (Phi) is 2.86. The maximum atomic E-state index is 12.0. The van der Waals surface area contributed by atoms with E-state index >= 15 is 0 Å². The third-order valence-electron chi connectivity index (χ3n) is 2.73. The number of rotatable bonds is 3. The second kappa shape index (κ2) is 4.81. The molecule has 0 radical (unpaired) electrons. The predicted molar refractivity (Wildman–Crippen MR) is 70.6 cm³/mol. The van der Waals surface area contributed by atoms with Gasteiger partial charge in [-0.1, -0.05) is 30.3 Å². The van der Waals surface area contributed by atoms with Crippen molar-refractivity contribution in [1.29, 1.82) is 0 Å². The van der Waals surface area contributed by atoms with E-state index in [9.17, 15) is 4.79 Å². The summed E-state index contributed by atoms with van der Waals surface area (Å²) in [5, 5.41) is 7.60. The standard InChI is InChI=1S/C14H11N3O2/c18-14(17-19-11-6-2-1-3-7-11)12-8-4-5-10-9-15-16-13(10)12/h1-9H,(H,15,16)(H,17,18). The molecule has 0 aliphatic carbocycles. The number of carbonyl (C=O) groups excluding carboxylic acids is 1. The van der Waals surface area contributed by atoms with Gasteiger partial charge in [-0.3, -0.25) is 9.89 Å². The second-order valence-electron chi connectivity index (χ2n) is 3.99. The van der Waals surface area contributed by atoms with Crippen molar-refractivity contribution in [3.63, 3.8) is 0 Å². The number of aromatic nitrogens is 2. The fraction of sp³-hybridized carbons (Fsp3) is 0. The van der Waals surface area contributed by atoms with Crippen molar-refractivity contribution in [2.24, 2.45) is 0 Å². The van der Waals surface area contributed by atoms with E-state index in [2.05, 4.69) is 15.7 Å². The summed E-state index contributed by atoms with van der Waals surface area (Å²) in [6.07, 6.45) is 1.67. The number of H-pyrrole nitrogens is 1. The van der Waals surface area contributed by atoms with E-state index < -0.39 is 0 Å². The largest absolute Gasteiger partial charge is 0.379 e. The number of benzene rings is 2. The Morgan fingerprint density at radius 1 is 1.11 bits per heavy atom. The number of hydrogen-bond acceptors (Lipinski definition) is 3. The van der Waals surface area contributed by atoms with Crippen LogP contribution in [0.15, 0.2) is 54.7 Å². The molecule has 2 aromatic carbocycles. The molecule has 0 aliphatic heterocycles. The molecule has 0 fully saturated rings. The Morgan fingerprint density at radius 2 is 1.95 bits per heavy atom. The van der Waals surface area contributed by atoms with Gasteiger partial charge in [0.15, 0.2) is 5.75 Å². The van der Waals surface area contributed by atoms with Gasteiger partial charge in [-0.2, -0.15) is 10.6 Å². The second-order valence-corrected chi connectivity index (χ2v) is 3.99. The van der Waals surface area contributed by atoms with Crippen LogP contribution >= 0.6 is 0 Å². The zero-order chi connectivity index (χ0) is 13.1. The molecule has 0 atom stereocenters. The first-order chi connectivity index (χ1) is 9.34. The molecule has 0 saturated heterocycles. The summed E-state index contributed by atoms with van der Waals surface area (Å²) in [5.41, 5.74) is 3.59. The van der Waals surface area contributed by atoms with Crippen molar-refractivity contribution in [2.75, 3.05) is 0 Å². The van der Waals surface area contributed by atoms with Crippen molar-refractivity contribution in [2.45, 2.75) is 0 Å². The summed E-state index contributed by atoms with van der Waals surface area (Å²) in [7, 11) is 0. The maximum Gasteiger partial charge on any atom is 0.286 e. The van der Waals surface area contributed by atoms with E-state index in [0.29, 0.717) is 16.8 Å². The van der Waals surface area contributed by atoms with Crippen LogP contribution in [0, 0.1) is 0 Å². The maximum absolute atomic E-state index is 12.0. The number of nitrogens with one attached hydrogen (secondary N) is 2. The van der Waals surface area contributed by atoms with Crippen molar-refractivity contribution in [3.8, 4) is 5.75 Å². The van der Waals surface area contributed by atoms with E-state index in [4.69, 9.17) is 4.84 Å². The zero-order valence-corrected chi connectivity index (χ0v) is 9.96. The van der Waals surface area contributed by atoms with Gasteiger partial charge in [0.25, 0.3) is 5.91 Å². The molecule has 1 heterocycles. The van der Waals surface area contributed by atoms with Crippen LogP contribution in [0.1, 0.15) is 10.4 Å². The normalized spacial score (nSPS) is 10.3. The van der Waals surface area contributed by atoms with Crippen molar-refractivity contribution in [3.05, 3.63) is 60.3 Å². The van der Waals surface area contributed by atoms with Gasteiger partial charge in [-0.15, -0.1) is 0 Å². The average Bonchev–Trinajstić information content (AvgIpc) is 2.94. The molecule has 5 nitrogen and oxygen atoms in total. The third kappa shape index (κ3) is 2.26. The zero-order valence-electron chi connectivity index (χ0n) is 9.96. The SMILES string of the molecule is O=C(NOc1ccccc1)c1cccc2cn[nH]c12. The highest BCUT2D eigenvalue weighted by molar-refractivity contribution is 6.04. The Hall–Kier alpha value is -2.82. The molecule has 0 unspecified atom stereocenters. The number of fused-ring (bicyclic) bond motifs is 1. The fourth-order valence-corrected chi connectivity index (χ4v) is 1.81. The smallest absolute Gasteiger partial charge is 0.286 e. The number of hydrogen-bond donors (Lipinski definition) is 2. The number of hydroxylamine groups is 1. The number of para-hydroxylation sites is 2. The summed E-state index contributed by atoms with van der Waals surface area (Å²) in [6, 6.07) is 14.5. The minimum Gasteiger partial charge on any atom is -0.379 e. The lowest BCUT2D eigenvalue weighted by Crippen LogP contribution is -2.27. The summed E-state index contributed by atoms with van der Waals surface area (Å²) >= 11 is 0. The topological polar surface area (TPSA) is 67.0 Å². The molecule has 94 valence electrons. The summed E-state index contributed by atoms with van der Waals surface area (Å²) in [5.74, 6) is 0.256. The number of aromatic amines is 1. The van der Waals surface area contributed by atoms with Crippen molar-refractivity contribution in [1.82, 2.24) is 15.7 Å². The van der Waals surface area contributed by atoms with E-state index in [1.807, 2.05) is 24.3 Å². The first kappa shape index (κ1) is 11.3. The van der Waals surface area contributed by atoms with Crippen LogP contribution < -0.4 is 10.3 Å². The van der Waals surface area contributed by atoms with Gasteiger partial charge in [-0.25, -0.2) is 0 Å². The molecule has 5 heteroatoms. The highest BCUT2D eigenvalue weighted by Gasteiger charge is 2.11. The van der Waals surface area contributed by atoms with Gasteiger partial charge in [0, 0.05) is 5.39 Å². The Labute approximate surface area is 109 Å². The first-order valence-corrected chi connectivity index (χ1v) is 5.79. The lowest BCUT2D eigenvalue weighted by atomic mass is 10.1. The van der Waals surface area contributed by atoms with Gasteiger partial charge in [0.2, 0.25) is 0 Å². The van der Waals surface area contributed by atoms with Crippen LogP contribution in [-0.2, 0) is 0 Å². The van der Waals surface area contributed by atoms with Crippen LogP contribution in [0.25, 0.3) is 10.9 Å². The molecule has 3 aromatic rings. The Balaban J connectivity index is 1.79. The van der Waals surface area contributed by atoms with Crippen LogP contribution in [-0.4, -0.2) is 16.1 Å². The summed E-state index contributed by atoms with van der Waals surface area (Å²) < 4.78 is 0. The molecule has 19 heavy (non-hydrogen) atoms. The highest BCUT2D eigenvalue weighted by Crippen LogP contribution is 2.15. The van der Waals surface area contributed by atoms with Crippen LogP contribution in [0.5, 0.6) is 5.75 Å². The summed E-state index contributed by atoms with van der Waals surface area (Å²) in [4.78, 5) is 17.3. The predicted octanol–water partition coefficient (Wildman–Crippen LogP) is 2.29. The average molecular weight is 253 g/mol. The third-order valence-corrected chi connectivity index (χ3v) is 2.73. The van der Waals surface area contributed by atoms with Crippen LogP contribution in [0.3, 0.4) is 0 Å². The van der Waals surface area contributed by atoms with E-state index in [1.165, 1.54) is 0 Å². The van der Waals surface area contributed by atoms with Gasteiger partial charge < -0.3 is 4.84 Å². The Bertz CT molecular complexity index is 707. The lowest BCUT2D eigenvalue weighted by molar-refractivity contribution is 0.0761. The minimum atomic E-state index is -0.321. The molecule has 3 rings (SSSR count). The van der Waals surface area contributed by atoms with Crippen molar-refractivity contribution < 1.29 is 9.63 Å². The van der Waals surface area contributed by atoms with E-state index in [1.54, 1.807) is 30.5 Å². The van der Waals surface area contributed by atoms with Gasteiger partial charge >= 0.3 is 0 Å². The molecule has 0 saturated carbocycles. The van der Waals surface area contributed by atoms with E-state index in [0.717, 1.165) is 5.39 Å². The molecular formula is C14H11N3O2. The number of carbonyl (C=O) groups is 1.